The second kappa shape index (κ2) is 6.85. The van der Waals surface area contributed by atoms with E-state index in [4.69, 9.17) is 10.5 Å². The van der Waals surface area contributed by atoms with Gasteiger partial charge in [0.25, 0.3) is 0 Å². The number of hydrogen-bond acceptors (Lipinski definition) is 3. The van der Waals surface area contributed by atoms with Crippen LogP contribution in [0, 0.1) is 5.92 Å². The van der Waals surface area contributed by atoms with Gasteiger partial charge in [0.05, 0.1) is 6.61 Å². The molecule has 0 aromatic heterocycles. The Labute approximate surface area is 120 Å². The quantitative estimate of drug-likeness (QED) is 0.782. The van der Waals surface area contributed by atoms with Gasteiger partial charge in [0.2, 0.25) is 0 Å². The van der Waals surface area contributed by atoms with Crippen LogP contribution in [0.25, 0.3) is 0 Å². The van der Waals surface area contributed by atoms with Crippen molar-refractivity contribution in [3.05, 3.63) is 54.1 Å². The third kappa shape index (κ3) is 4.19. The highest BCUT2D eigenvalue weighted by Gasteiger charge is 2.01. The molecule has 0 aliphatic carbocycles. The smallest absolute Gasteiger partial charge is 0.121 e. The minimum absolute atomic E-state index is 0.524. The van der Waals surface area contributed by atoms with Gasteiger partial charge < -0.3 is 15.8 Å². The molecule has 2 aromatic rings. The third-order valence-corrected chi connectivity index (χ3v) is 2.96. The lowest BCUT2D eigenvalue weighted by atomic mass is 10.2. The van der Waals surface area contributed by atoms with Crippen molar-refractivity contribution in [3.8, 4) is 5.75 Å². The van der Waals surface area contributed by atoms with Gasteiger partial charge in [-0.1, -0.05) is 38.1 Å². The van der Waals surface area contributed by atoms with Gasteiger partial charge in [-0.25, -0.2) is 0 Å². The molecular formula is C17H22N2O. The summed E-state index contributed by atoms with van der Waals surface area (Å²) in [5, 5.41) is 3.37. The summed E-state index contributed by atoms with van der Waals surface area (Å²) in [6, 6.07) is 15.9. The van der Waals surface area contributed by atoms with Crippen molar-refractivity contribution < 1.29 is 4.74 Å². The van der Waals surface area contributed by atoms with E-state index >= 15 is 0 Å². The maximum atomic E-state index is 5.93. The molecule has 0 bridgehead atoms. The zero-order valence-corrected chi connectivity index (χ0v) is 12.1. The van der Waals surface area contributed by atoms with Gasteiger partial charge in [-0.05, 0) is 29.7 Å². The van der Waals surface area contributed by atoms with Gasteiger partial charge in [0.1, 0.15) is 5.75 Å². The maximum absolute atomic E-state index is 5.93. The number of rotatable bonds is 6. The molecule has 0 spiro atoms. The van der Waals surface area contributed by atoms with Gasteiger partial charge in [-0.2, -0.15) is 0 Å². The van der Waals surface area contributed by atoms with E-state index in [2.05, 4.69) is 19.2 Å². The molecule has 106 valence electrons. The normalized spacial score (nSPS) is 10.6. The molecule has 0 unspecified atom stereocenters. The first-order chi connectivity index (χ1) is 9.65. The zero-order chi connectivity index (χ0) is 14.4. The molecule has 2 rings (SSSR count). The second-order valence-corrected chi connectivity index (χ2v) is 5.29. The Kier molecular flexibility index (Phi) is 4.88. The fraction of sp³-hybridized carbons (Fsp3) is 0.294. The van der Waals surface area contributed by atoms with Crippen LogP contribution in [0.4, 0.5) is 11.4 Å². The molecule has 2 aromatic carbocycles. The highest BCUT2D eigenvalue weighted by molar-refractivity contribution is 5.52. The summed E-state index contributed by atoms with van der Waals surface area (Å²) in [5.74, 6) is 1.42. The number of benzene rings is 2. The summed E-state index contributed by atoms with van der Waals surface area (Å²) in [5.41, 5.74) is 8.88. The summed E-state index contributed by atoms with van der Waals surface area (Å²) < 4.78 is 5.72. The molecule has 0 aliphatic rings. The number of para-hydroxylation sites is 1. The number of anilines is 2. The lowest BCUT2D eigenvalue weighted by Gasteiger charge is -2.12. The van der Waals surface area contributed by atoms with Crippen LogP contribution in [-0.4, -0.2) is 6.61 Å². The summed E-state index contributed by atoms with van der Waals surface area (Å²) >= 11 is 0. The molecule has 3 nitrogen and oxygen atoms in total. The van der Waals surface area contributed by atoms with Crippen LogP contribution in [0.5, 0.6) is 5.75 Å². The largest absolute Gasteiger partial charge is 0.493 e. The van der Waals surface area contributed by atoms with Crippen molar-refractivity contribution in [1.82, 2.24) is 0 Å². The van der Waals surface area contributed by atoms with Crippen molar-refractivity contribution >= 4 is 11.4 Å². The molecule has 3 N–H and O–H groups in total. The minimum atomic E-state index is 0.524. The highest BCUT2D eigenvalue weighted by atomic mass is 16.5. The van der Waals surface area contributed by atoms with Crippen LogP contribution in [0.15, 0.2) is 48.5 Å². The molecule has 0 aliphatic heterocycles. The van der Waals surface area contributed by atoms with E-state index in [9.17, 15) is 0 Å². The van der Waals surface area contributed by atoms with Gasteiger partial charge in [-0.3, -0.25) is 0 Å². The zero-order valence-electron chi connectivity index (χ0n) is 12.1. The average Bonchev–Trinajstić information content (AvgIpc) is 2.45. The van der Waals surface area contributed by atoms with Crippen LogP contribution in [-0.2, 0) is 6.54 Å². The van der Waals surface area contributed by atoms with Crippen LogP contribution in [0.3, 0.4) is 0 Å². The Balaban J connectivity index is 1.96. The molecule has 0 fully saturated rings. The molecule has 0 saturated heterocycles. The minimum Gasteiger partial charge on any atom is -0.493 e. The molecule has 0 amide bonds. The topological polar surface area (TPSA) is 47.3 Å². The van der Waals surface area contributed by atoms with Crippen molar-refractivity contribution in [2.75, 3.05) is 17.7 Å². The Hall–Kier alpha value is -2.16. The van der Waals surface area contributed by atoms with Crippen LogP contribution in [0.2, 0.25) is 0 Å². The highest BCUT2D eigenvalue weighted by Crippen LogP contribution is 2.19. The Morgan fingerprint density at radius 3 is 2.65 bits per heavy atom. The standard InChI is InChI=1S/C17H22N2O/c1-13(2)12-20-16-8-5-7-15(10-16)19-11-14-6-3-4-9-17(14)18/h3-10,13,19H,11-12,18H2,1-2H3. The van der Waals surface area contributed by atoms with Crippen molar-refractivity contribution in [2.45, 2.75) is 20.4 Å². The molecule has 0 atom stereocenters. The predicted octanol–water partition coefficient (Wildman–Crippen LogP) is 3.92. The van der Waals surface area contributed by atoms with E-state index in [-0.39, 0.29) is 0 Å². The van der Waals surface area contributed by atoms with Crippen LogP contribution in [0.1, 0.15) is 19.4 Å². The summed E-state index contributed by atoms with van der Waals surface area (Å²) in [4.78, 5) is 0. The third-order valence-electron chi connectivity index (χ3n) is 2.96. The van der Waals surface area contributed by atoms with E-state index in [1.165, 1.54) is 0 Å². The lowest BCUT2D eigenvalue weighted by Crippen LogP contribution is -2.05. The Morgan fingerprint density at radius 2 is 1.90 bits per heavy atom. The number of nitrogen functional groups attached to an aromatic ring is 1. The number of nitrogens with two attached hydrogens (primary N) is 1. The first-order valence-electron chi connectivity index (χ1n) is 6.95. The summed E-state index contributed by atoms with van der Waals surface area (Å²) in [7, 11) is 0. The number of ether oxygens (including phenoxy) is 1. The molecule has 0 heterocycles. The predicted molar refractivity (Wildman–Crippen MR) is 85.0 cm³/mol. The molecule has 0 saturated carbocycles. The molecular weight excluding hydrogens is 248 g/mol. The van der Waals surface area contributed by atoms with Crippen molar-refractivity contribution in [3.63, 3.8) is 0 Å². The summed E-state index contributed by atoms with van der Waals surface area (Å²) in [6.07, 6.45) is 0. The number of nitrogens with one attached hydrogen (secondary N) is 1. The Bertz CT molecular complexity index is 552. The number of hydrogen-bond donors (Lipinski definition) is 2. The second-order valence-electron chi connectivity index (χ2n) is 5.29. The average molecular weight is 270 g/mol. The molecule has 20 heavy (non-hydrogen) atoms. The fourth-order valence-corrected chi connectivity index (χ4v) is 1.85. The lowest BCUT2D eigenvalue weighted by molar-refractivity contribution is 0.271. The monoisotopic (exact) mass is 270 g/mol. The fourth-order valence-electron chi connectivity index (χ4n) is 1.85. The Morgan fingerprint density at radius 1 is 1.10 bits per heavy atom. The van der Waals surface area contributed by atoms with Crippen molar-refractivity contribution in [1.29, 1.82) is 0 Å². The maximum Gasteiger partial charge on any atom is 0.121 e. The van der Waals surface area contributed by atoms with E-state index in [0.29, 0.717) is 12.5 Å². The summed E-state index contributed by atoms with van der Waals surface area (Å²) in [6.45, 7) is 5.72. The van der Waals surface area contributed by atoms with E-state index < -0.39 is 0 Å². The van der Waals surface area contributed by atoms with Crippen LogP contribution < -0.4 is 15.8 Å². The van der Waals surface area contributed by atoms with Crippen LogP contribution >= 0.6 is 0 Å². The van der Waals surface area contributed by atoms with Gasteiger partial charge >= 0.3 is 0 Å². The van der Waals surface area contributed by atoms with Gasteiger partial charge in [0.15, 0.2) is 0 Å². The van der Waals surface area contributed by atoms with Crippen molar-refractivity contribution in [2.24, 2.45) is 5.92 Å². The molecule has 0 radical (unpaired) electrons. The first-order valence-corrected chi connectivity index (χ1v) is 6.95. The van der Waals surface area contributed by atoms with Gasteiger partial charge in [0, 0.05) is 24.0 Å². The van der Waals surface area contributed by atoms with E-state index in [0.717, 1.165) is 29.3 Å². The van der Waals surface area contributed by atoms with E-state index in [1.807, 2.05) is 48.5 Å². The van der Waals surface area contributed by atoms with E-state index in [1.54, 1.807) is 0 Å². The molecule has 3 heteroatoms. The SMILES string of the molecule is CC(C)COc1cccc(NCc2ccccc2N)c1. The van der Waals surface area contributed by atoms with Gasteiger partial charge in [-0.15, -0.1) is 0 Å². The first kappa shape index (κ1) is 14.3.